The number of aryl methyl sites for hydroxylation is 1. The predicted octanol–water partition coefficient (Wildman–Crippen LogP) is 2.03. The van der Waals surface area contributed by atoms with E-state index in [9.17, 15) is 5.11 Å². The molecule has 0 spiro atoms. The SMILES string of the molecule is CNC1(c2ccc(O)cc2)CCc2nc(N)sc2C1. The number of nitrogens with zero attached hydrogens (tertiary/aromatic N) is 1. The Labute approximate surface area is 116 Å². The highest BCUT2D eigenvalue weighted by Gasteiger charge is 2.36. The lowest BCUT2D eigenvalue weighted by molar-refractivity contribution is 0.315. The van der Waals surface area contributed by atoms with Gasteiger partial charge in [0, 0.05) is 16.8 Å². The minimum Gasteiger partial charge on any atom is -0.508 e. The highest BCUT2D eigenvalue weighted by atomic mass is 32.1. The number of aromatic hydroxyl groups is 1. The summed E-state index contributed by atoms with van der Waals surface area (Å²) in [7, 11) is 1.99. The number of hydrogen-bond acceptors (Lipinski definition) is 5. The van der Waals surface area contributed by atoms with Gasteiger partial charge >= 0.3 is 0 Å². The summed E-state index contributed by atoms with van der Waals surface area (Å²) in [6.45, 7) is 0. The van der Waals surface area contributed by atoms with Crippen molar-refractivity contribution in [2.75, 3.05) is 12.8 Å². The maximum Gasteiger partial charge on any atom is 0.180 e. The van der Waals surface area contributed by atoms with Gasteiger partial charge in [-0.3, -0.25) is 0 Å². The van der Waals surface area contributed by atoms with Crippen LogP contribution in [0, 0.1) is 0 Å². The molecule has 1 unspecified atom stereocenters. The molecule has 0 amide bonds. The molecule has 0 aliphatic heterocycles. The van der Waals surface area contributed by atoms with Crippen molar-refractivity contribution in [3.63, 3.8) is 0 Å². The van der Waals surface area contributed by atoms with Crippen LogP contribution in [0.1, 0.15) is 22.6 Å². The van der Waals surface area contributed by atoms with Gasteiger partial charge in [-0.2, -0.15) is 0 Å². The molecule has 0 saturated heterocycles. The van der Waals surface area contributed by atoms with E-state index in [1.54, 1.807) is 23.5 Å². The zero-order valence-electron chi connectivity index (χ0n) is 10.8. The van der Waals surface area contributed by atoms with Crippen LogP contribution in [-0.4, -0.2) is 17.1 Å². The van der Waals surface area contributed by atoms with Crippen LogP contribution in [0.5, 0.6) is 5.75 Å². The Hall–Kier alpha value is -1.59. The number of aromatic nitrogens is 1. The topological polar surface area (TPSA) is 71.2 Å². The van der Waals surface area contributed by atoms with E-state index in [-0.39, 0.29) is 5.54 Å². The first-order valence-corrected chi connectivity index (χ1v) is 7.17. The molecule has 5 heteroatoms. The van der Waals surface area contributed by atoms with Crippen LogP contribution in [0.25, 0.3) is 0 Å². The quantitative estimate of drug-likeness (QED) is 0.784. The van der Waals surface area contributed by atoms with Gasteiger partial charge in [0.15, 0.2) is 5.13 Å². The second kappa shape index (κ2) is 4.51. The smallest absolute Gasteiger partial charge is 0.180 e. The summed E-state index contributed by atoms with van der Waals surface area (Å²) in [6, 6.07) is 7.46. The average molecular weight is 275 g/mol. The van der Waals surface area contributed by atoms with Gasteiger partial charge in [-0.25, -0.2) is 4.98 Å². The van der Waals surface area contributed by atoms with Crippen molar-refractivity contribution in [2.24, 2.45) is 0 Å². The number of rotatable bonds is 2. The molecule has 0 radical (unpaired) electrons. The first-order chi connectivity index (χ1) is 9.13. The molecular weight excluding hydrogens is 258 g/mol. The fourth-order valence-corrected chi connectivity index (χ4v) is 3.81. The summed E-state index contributed by atoms with van der Waals surface area (Å²) in [5, 5.41) is 13.5. The number of likely N-dealkylation sites (N-methyl/N-ethyl adjacent to an activating group) is 1. The monoisotopic (exact) mass is 275 g/mol. The van der Waals surface area contributed by atoms with E-state index < -0.39 is 0 Å². The number of hydrogen-bond donors (Lipinski definition) is 3. The molecule has 2 aromatic rings. The molecule has 3 rings (SSSR count). The summed E-state index contributed by atoms with van der Waals surface area (Å²) in [6.07, 6.45) is 2.83. The summed E-state index contributed by atoms with van der Waals surface area (Å²) < 4.78 is 0. The molecule has 4 N–H and O–H groups in total. The van der Waals surface area contributed by atoms with Gasteiger partial charge in [0.2, 0.25) is 0 Å². The Morgan fingerprint density at radius 2 is 2.11 bits per heavy atom. The van der Waals surface area contributed by atoms with E-state index in [2.05, 4.69) is 10.3 Å². The number of fused-ring (bicyclic) bond motifs is 1. The number of phenols is 1. The van der Waals surface area contributed by atoms with E-state index in [0.717, 1.165) is 25.0 Å². The van der Waals surface area contributed by atoms with Crippen LogP contribution >= 0.6 is 11.3 Å². The molecule has 1 aliphatic rings. The van der Waals surface area contributed by atoms with Gasteiger partial charge in [0.05, 0.1) is 5.69 Å². The van der Waals surface area contributed by atoms with E-state index in [1.165, 1.54) is 10.4 Å². The van der Waals surface area contributed by atoms with Gasteiger partial charge in [-0.15, -0.1) is 11.3 Å². The van der Waals surface area contributed by atoms with Crippen molar-refractivity contribution in [2.45, 2.75) is 24.8 Å². The second-order valence-corrected chi connectivity index (χ2v) is 6.09. The lowest BCUT2D eigenvalue weighted by atomic mass is 9.78. The van der Waals surface area contributed by atoms with Gasteiger partial charge < -0.3 is 16.2 Å². The fourth-order valence-electron chi connectivity index (χ4n) is 2.82. The number of nitrogen functional groups attached to an aromatic ring is 1. The first kappa shape index (κ1) is 12.4. The van der Waals surface area contributed by atoms with E-state index >= 15 is 0 Å². The third kappa shape index (κ3) is 2.09. The molecule has 0 saturated carbocycles. The van der Waals surface area contributed by atoms with Gasteiger partial charge in [-0.1, -0.05) is 12.1 Å². The summed E-state index contributed by atoms with van der Waals surface area (Å²) in [5.41, 5.74) is 8.06. The summed E-state index contributed by atoms with van der Waals surface area (Å²) >= 11 is 1.58. The normalized spacial score (nSPS) is 22.2. The Balaban J connectivity index is 1.99. The molecule has 100 valence electrons. The summed E-state index contributed by atoms with van der Waals surface area (Å²) in [5.74, 6) is 0.300. The molecule has 1 aliphatic carbocycles. The van der Waals surface area contributed by atoms with Gasteiger partial charge in [0.25, 0.3) is 0 Å². The van der Waals surface area contributed by atoms with Gasteiger partial charge in [0.1, 0.15) is 5.75 Å². The molecule has 1 atom stereocenters. The van der Waals surface area contributed by atoms with Crippen molar-refractivity contribution in [1.29, 1.82) is 0 Å². The second-order valence-electron chi connectivity index (χ2n) is 4.98. The van der Waals surface area contributed by atoms with Crippen molar-refractivity contribution < 1.29 is 5.11 Å². The Bertz CT molecular complexity index is 593. The lowest BCUT2D eigenvalue weighted by Crippen LogP contribution is -2.44. The Morgan fingerprint density at radius 3 is 2.79 bits per heavy atom. The van der Waals surface area contributed by atoms with E-state index in [4.69, 9.17) is 5.73 Å². The molecule has 1 aromatic carbocycles. The zero-order chi connectivity index (χ0) is 13.5. The largest absolute Gasteiger partial charge is 0.508 e. The highest BCUT2D eigenvalue weighted by Crippen LogP contribution is 2.39. The number of thiazole rings is 1. The van der Waals surface area contributed by atoms with Crippen LogP contribution in [0.15, 0.2) is 24.3 Å². The summed E-state index contributed by atoms with van der Waals surface area (Å²) in [4.78, 5) is 5.66. The van der Waals surface area contributed by atoms with Gasteiger partial charge in [-0.05, 0) is 37.6 Å². The van der Waals surface area contributed by atoms with Crippen LogP contribution < -0.4 is 11.1 Å². The first-order valence-electron chi connectivity index (χ1n) is 6.35. The molecule has 4 nitrogen and oxygen atoms in total. The number of nitrogens with two attached hydrogens (primary N) is 1. The standard InChI is InChI=1S/C14H17N3OS/c1-16-14(9-2-4-10(18)5-3-9)7-6-11-12(8-14)19-13(15)17-11/h2-5,16,18H,6-8H2,1H3,(H2,15,17). The Kier molecular flexibility index (Phi) is 2.95. The average Bonchev–Trinajstić information content (AvgIpc) is 2.78. The minimum atomic E-state index is -0.0837. The van der Waals surface area contributed by atoms with Crippen molar-refractivity contribution in [3.05, 3.63) is 40.4 Å². The van der Waals surface area contributed by atoms with Crippen LogP contribution in [-0.2, 0) is 18.4 Å². The number of phenolic OH excluding ortho intramolecular Hbond substituents is 1. The third-order valence-electron chi connectivity index (χ3n) is 3.94. The lowest BCUT2D eigenvalue weighted by Gasteiger charge is -2.37. The molecular formula is C14H17N3OS. The molecule has 1 heterocycles. The predicted molar refractivity (Wildman–Crippen MR) is 77.4 cm³/mol. The van der Waals surface area contributed by atoms with Crippen molar-refractivity contribution in [3.8, 4) is 5.75 Å². The highest BCUT2D eigenvalue weighted by molar-refractivity contribution is 7.15. The number of nitrogens with one attached hydrogen (secondary N) is 1. The molecule has 1 aromatic heterocycles. The molecule has 19 heavy (non-hydrogen) atoms. The zero-order valence-corrected chi connectivity index (χ0v) is 11.6. The van der Waals surface area contributed by atoms with Crippen LogP contribution in [0.3, 0.4) is 0 Å². The number of anilines is 1. The minimum absolute atomic E-state index is 0.0837. The maximum absolute atomic E-state index is 9.43. The number of benzene rings is 1. The molecule has 0 fully saturated rings. The fraction of sp³-hybridized carbons (Fsp3) is 0.357. The van der Waals surface area contributed by atoms with E-state index in [1.807, 2.05) is 19.2 Å². The Morgan fingerprint density at radius 1 is 1.37 bits per heavy atom. The molecule has 0 bridgehead atoms. The van der Waals surface area contributed by atoms with Crippen molar-refractivity contribution >= 4 is 16.5 Å². The maximum atomic E-state index is 9.43. The third-order valence-corrected chi connectivity index (χ3v) is 4.87. The van der Waals surface area contributed by atoms with Crippen LogP contribution in [0.2, 0.25) is 0 Å². The van der Waals surface area contributed by atoms with Crippen LogP contribution in [0.4, 0.5) is 5.13 Å². The van der Waals surface area contributed by atoms with Crippen molar-refractivity contribution in [1.82, 2.24) is 10.3 Å². The van der Waals surface area contributed by atoms with E-state index in [0.29, 0.717) is 10.9 Å².